The van der Waals surface area contributed by atoms with Gasteiger partial charge in [0.05, 0.1) is 4.90 Å². The zero-order valence-electron chi connectivity index (χ0n) is 11.9. The van der Waals surface area contributed by atoms with E-state index in [9.17, 15) is 8.42 Å². The van der Waals surface area contributed by atoms with Crippen molar-refractivity contribution in [2.75, 3.05) is 6.79 Å². The molecule has 0 radical (unpaired) electrons. The Morgan fingerprint density at radius 3 is 2.87 bits per heavy atom. The Morgan fingerprint density at radius 1 is 1.09 bits per heavy atom. The molecule has 0 amide bonds. The second kappa shape index (κ2) is 5.25. The zero-order chi connectivity index (χ0) is 15.9. The van der Waals surface area contributed by atoms with Crippen LogP contribution in [0.5, 0.6) is 11.5 Å². The molecule has 1 aliphatic heterocycles. The maximum atomic E-state index is 12.4. The molecule has 0 saturated heterocycles. The van der Waals surface area contributed by atoms with Crippen molar-refractivity contribution in [1.29, 1.82) is 0 Å². The lowest BCUT2D eigenvalue weighted by atomic mass is 10.2. The van der Waals surface area contributed by atoms with Crippen molar-refractivity contribution in [3.63, 3.8) is 0 Å². The van der Waals surface area contributed by atoms with E-state index in [1.54, 1.807) is 24.3 Å². The van der Waals surface area contributed by atoms with Gasteiger partial charge in [-0.1, -0.05) is 6.07 Å². The fourth-order valence-corrected chi connectivity index (χ4v) is 3.35. The van der Waals surface area contributed by atoms with E-state index >= 15 is 0 Å². The highest BCUT2D eigenvalue weighted by Crippen LogP contribution is 2.32. The molecule has 0 saturated carbocycles. The smallest absolute Gasteiger partial charge is 0.241 e. The van der Waals surface area contributed by atoms with Gasteiger partial charge in [0.2, 0.25) is 16.8 Å². The SMILES string of the molecule is O=S(=O)(NCc1ccc2c(c1)OCO2)c1ccc2ncoc2c1. The van der Waals surface area contributed by atoms with E-state index in [0.29, 0.717) is 22.6 Å². The number of benzene rings is 2. The summed E-state index contributed by atoms with van der Waals surface area (Å²) in [6.45, 7) is 0.328. The Morgan fingerprint density at radius 2 is 1.96 bits per heavy atom. The molecule has 8 heteroatoms. The number of sulfonamides is 1. The van der Waals surface area contributed by atoms with Crippen LogP contribution in [0.4, 0.5) is 0 Å². The third kappa shape index (κ3) is 2.62. The number of nitrogens with zero attached hydrogens (tertiary/aromatic N) is 1. The van der Waals surface area contributed by atoms with Crippen LogP contribution in [0, 0.1) is 0 Å². The fraction of sp³-hybridized carbons (Fsp3) is 0.133. The molecule has 0 unspecified atom stereocenters. The quantitative estimate of drug-likeness (QED) is 0.786. The molecule has 0 fully saturated rings. The first-order valence-electron chi connectivity index (χ1n) is 6.83. The molecule has 0 bridgehead atoms. The van der Waals surface area contributed by atoms with Crippen LogP contribution in [0.25, 0.3) is 11.1 Å². The van der Waals surface area contributed by atoms with Crippen LogP contribution in [0.2, 0.25) is 0 Å². The minimum atomic E-state index is -3.65. The average Bonchev–Trinajstić information content (AvgIpc) is 3.20. The summed E-state index contributed by atoms with van der Waals surface area (Å²) in [6.07, 6.45) is 1.28. The Bertz CT molecular complexity index is 980. The van der Waals surface area contributed by atoms with E-state index in [2.05, 4.69) is 9.71 Å². The maximum absolute atomic E-state index is 12.4. The Kier molecular flexibility index (Phi) is 3.21. The Balaban J connectivity index is 1.55. The third-order valence-corrected chi connectivity index (χ3v) is 4.92. The number of aromatic nitrogens is 1. The number of hydrogen-bond acceptors (Lipinski definition) is 6. The summed E-state index contributed by atoms with van der Waals surface area (Å²) in [5.74, 6) is 1.28. The number of hydrogen-bond donors (Lipinski definition) is 1. The molecular formula is C15H12N2O5S. The molecule has 1 aliphatic rings. The van der Waals surface area contributed by atoms with Gasteiger partial charge in [-0.05, 0) is 29.8 Å². The van der Waals surface area contributed by atoms with E-state index in [4.69, 9.17) is 13.9 Å². The van der Waals surface area contributed by atoms with Crippen LogP contribution in [0.15, 0.2) is 52.1 Å². The van der Waals surface area contributed by atoms with Gasteiger partial charge >= 0.3 is 0 Å². The minimum Gasteiger partial charge on any atom is -0.454 e. The van der Waals surface area contributed by atoms with Crippen LogP contribution < -0.4 is 14.2 Å². The molecule has 0 spiro atoms. The van der Waals surface area contributed by atoms with Gasteiger partial charge in [0.25, 0.3) is 0 Å². The van der Waals surface area contributed by atoms with Gasteiger partial charge in [0.1, 0.15) is 5.52 Å². The molecule has 0 aliphatic carbocycles. The monoisotopic (exact) mass is 332 g/mol. The number of oxazole rings is 1. The second-order valence-electron chi connectivity index (χ2n) is 4.99. The first-order chi connectivity index (χ1) is 11.1. The fourth-order valence-electron chi connectivity index (χ4n) is 2.32. The summed E-state index contributed by atoms with van der Waals surface area (Å²) in [4.78, 5) is 4.09. The molecule has 0 atom stereocenters. The Labute approximate surface area is 131 Å². The first-order valence-corrected chi connectivity index (χ1v) is 8.32. The average molecular weight is 332 g/mol. The highest BCUT2D eigenvalue weighted by atomic mass is 32.2. The van der Waals surface area contributed by atoms with Gasteiger partial charge in [-0.2, -0.15) is 0 Å². The van der Waals surface area contributed by atoms with Crippen molar-refractivity contribution in [2.24, 2.45) is 0 Å². The molecule has 118 valence electrons. The molecular weight excluding hydrogens is 320 g/mol. The molecule has 23 heavy (non-hydrogen) atoms. The summed E-state index contributed by atoms with van der Waals surface area (Å²) in [7, 11) is -3.65. The van der Waals surface area contributed by atoms with Gasteiger partial charge in [0.15, 0.2) is 23.5 Å². The normalized spacial score (nSPS) is 13.6. The van der Waals surface area contributed by atoms with Crippen molar-refractivity contribution in [1.82, 2.24) is 9.71 Å². The molecule has 2 heterocycles. The van der Waals surface area contributed by atoms with Crippen LogP contribution in [0.3, 0.4) is 0 Å². The maximum Gasteiger partial charge on any atom is 0.241 e. The standard InChI is InChI=1S/C15H12N2O5S/c18-23(19,11-2-3-12-14(6-11)20-8-16-12)17-7-10-1-4-13-15(5-10)22-9-21-13/h1-6,8,17H,7,9H2. The van der Waals surface area contributed by atoms with Crippen LogP contribution in [0.1, 0.15) is 5.56 Å². The summed E-state index contributed by atoms with van der Waals surface area (Å²) in [5, 5.41) is 0. The van der Waals surface area contributed by atoms with E-state index in [1.807, 2.05) is 0 Å². The number of nitrogens with one attached hydrogen (secondary N) is 1. The van der Waals surface area contributed by atoms with Crippen molar-refractivity contribution in [3.05, 3.63) is 48.4 Å². The third-order valence-electron chi connectivity index (χ3n) is 3.52. The lowest BCUT2D eigenvalue weighted by Crippen LogP contribution is -2.23. The van der Waals surface area contributed by atoms with Crippen molar-refractivity contribution >= 4 is 21.1 Å². The summed E-state index contributed by atoms with van der Waals surface area (Å²) < 4.78 is 42.9. The molecule has 1 aromatic heterocycles. The first kappa shape index (κ1) is 14.0. The van der Waals surface area contributed by atoms with E-state index in [1.165, 1.54) is 18.5 Å². The molecule has 1 N–H and O–H groups in total. The lowest BCUT2D eigenvalue weighted by molar-refractivity contribution is 0.174. The second-order valence-corrected chi connectivity index (χ2v) is 6.76. The predicted molar refractivity (Wildman–Crippen MR) is 80.6 cm³/mol. The number of rotatable bonds is 4. The predicted octanol–water partition coefficient (Wildman–Crippen LogP) is 2.04. The summed E-state index contributed by atoms with van der Waals surface area (Å²) in [5.41, 5.74) is 1.81. The van der Waals surface area contributed by atoms with Gasteiger partial charge in [0, 0.05) is 12.6 Å². The van der Waals surface area contributed by atoms with Crippen molar-refractivity contribution < 1.29 is 22.3 Å². The largest absolute Gasteiger partial charge is 0.454 e. The van der Waals surface area contributed by atoms with Gasteiger partial charge in [-0.3, -0.25) is 0 Å². The van der Waals surface area contributed by atoms with Crippen LogP contribution in [-0.2, 0) is 16.6 Å². The van der Waals surface area contributed by atoms with Crippen LogP contribution >= 0.6 is 0 Å². The van der Waals surface area contributed by atoms with Crippen molar-refractivity contribution in [3.8, 4) is 11.5 Å². The minimum absolute atomic E-state index is 0.127. The molecule has 3 aromatic rings. The van der Waals surface area contributed by atoms with Gasteiger partial charge in [-0.25, -0.2) is 18.1 Å². The van der Waals surface area contributed by atoms with E-state index in [0.717, 1.165) is 5.56 Å². The zero-order valence-corrected chi connectivity index (χ0v) is 12.7. The van der Waals surface area contributed by atoms with E-state index < -0.39 is 10.0 Å². The highest BCUT2D eigenvalue weighted by Gasteiger charge is 2.17. The molecule has 7 nitrogen and oxygen atoms in total. The van der Waals surface area contributed by atoms with Gasteiger partial charge < -0.3 is 13.9 Å². The number of fused-ring (bicyclic) bond motifs is 2. The molecule has 2 aromatic carbocycles. The van der Waals surface area contributed by atoms with Crippen molar-refractivity contribution in [2.45, 2.75) is 11.4 Å². The lowest BCUT2D eigenvalue weighted by Gasteiger charge is -2.07. The topological polar surface area (TPSA) is 90.7 Å². The van der Waals surface area contributed by atoms with E-state index in [-0.39, 0.29) is 18.2 Å². The highest BCUT2D eigenvalue weighted by molar-refractivity contribution is 7.89. The summed E-state index contributed by atoms with van der Waals surface area (Å²) in [6, 6.07) is 9.85. The van der Waals surface area contributed by atoms with Gasteiger partial charge in [-0.15, -0.1) is 0 Å². The summed E-state index contributed by atoms with van der Waals surface area (Å²) >= 11 is 0. The van der Waals surface area contributed by atoms with Crippen LogP contribution in [-0.4, -0.2) is 20.2 Å². The molecule has 4 rings (SSSR count). The Hall–Kier alpha value is -2.58. The number of ether oxygens (including phenoxy) is 2.